The Bertz CT molecular complexity index is 448. The molecule has 0 aliphatic carbocycles. The lowest BCUT2D eigenvalue weighted by Crippen LogP contribution is -2.31. The van der Waals surface area contributed by atoms with Crippen LogP contribution in [0.4, 0.5) is 5.69 Å². The van der Waals surface area contributed by atoms with Crippen LogP contribution in [-0.2, 0) is 6.42 Å². The van der Waals surface area contributed by atoms with E-state index in [1.807, 2.05) is 17.0 Å². The third-order valence-corrected chi connectivity index (χ3v) is 3.96. The van der Waals surface area contributed by atoms with Crippen LogP contribution in [0.15, 0.2) is 18.2 Å². The molecule has 3 heteroatoms. The molecule has 3 nitrogen and oxygen atoms in total. The molecule has 0 spiro atoms. The van der Waals surface area contributed by atoms with Crippen molar-refractivity contribution >= 4 is 11.6 Å². The van der Waals surface area contributed by atoms with Gasteiger partial charge in [0.15, 0.2) is 0 Å². The lowest BCUT2D eigenvalue weighted by molar-refractivity contribution is 0.0761. The SMILES string of the molecule is O=C(c1ccc2c(c1)CCN2)N1CCCCCC1. The molecule has 0 aromatic heterocycles. The minimum Gasteiger partial charge on any atom is -0.384 e. The molecular formula is C15H20N2O. The number of nitrogens with one attached hydrogen (secondary N) is 1. The Kier molecular flexibility index (Phi) is 3.22. The topological polar surface area (TPSA) is 32.3 Å². The van der Waals surface area contributed by atoms with Crippen molar-refractivity contribution in [1.82, 2.24) is 4.90 Å². The van der Waals surface area contributed by atoms with Gasteiger partial charge < -0.3 is 10.2 Å². The summed E-state index contributed by atoms with van der Waals surface area (Å²) in [6.07, 6.45) is 5.86. The Labute approximate surface area is 108 Å². The molecule has 0 saturated carbocycles. The summed E-state index contributed by atoms with van der Waals surface area (Å²) in [5, 5.41) is 3.33. The van der Waals surface area contributed by atoms with Gasteiger partial charge in [-0.3, -0.25) is 4.79 Å². The molecule has 0 radical (unpaired) electrons. The van der Waals surface area contributed by atoms with Crippen molar-refractivity contribution < 1.29 is 4.79 Å². The Balaban J connectivity index is 1.79. The number of carbonyl (C=O) groups is 1. The van der Waals surface area contributed by atoms with E-state index in [2.05, 4.69) is 11.4 Å². The highest BCUT2D eigenvalue weighted by atomic mass is 16.2. The summed E-state index contributed by atoms with van der Waals surface area (Å²) in [7, 11) is 0. The van der Waals surface area contributed by atoms with E-state index in [0.29, 0.717) is 0 Å². The summed E-state index contributed by atoms with van der Waals surface area (Å²) in [6, 6.07) is 6.08. The van der Waals surface area contributed by atoms with Gasteiger partial charge >= 0.3 is 0 Å². The number of amides is 1. The third-order valence-electron chi connectivity index (χ3n) is 3.96. The normalized spacial score (nSPS) is 19.0. The second-order valence-electron chi connectivity index (χ2n) is 5.26. The Hall–Kier alpha value is -1.51. The Morgan fingerprint density at radius 2 is 1.89 bits per heavy atom. The minimum atomic E-state index is 0.214. The van der Waals surface area contributed by atoms with Crippen LogP contribution in [0.2, 0.25) is 0 Å². The second kappa shape index (κ2) is 5.01. The zero-order chi connectivity index (χ0) is 12.4. The van der Waals surface area contributed by atoms with Gasteiger partial charge in [0.1, 0.15) is 0 Å². The fourth-order valence-corrected chi connectivity index (χ4v) is 2.89. The van der Waals surface area contributed by atoms with E-state index in [1.165, 1.54) is 24.1 Å². The van der Waals surface area contributed by atoms with Crippen molar-refractivity contribution in [2.75, 3.05) is 25.0 Å². The number of hydrogen-bond acceptors (Lipinski definition) is 2. The summed E-state index contributed by atoms with van der Waals surface area (Å²) in [6.45, 7) is 2.85. The summed E-state index contributed by atoms with van der Waals surface area (Å²) in [5.74, 6) is 0.214. The molecule has 2 heterocycles. The first-order chi connectivity index (χ1) is 8.84. The highest BCUT2D eigenvalue weighted by Gasteiger charge is 2.19. The van der Waals surface area contributed by atoms with Gasteiger partial charge in [-0.2, -0.15) is 0 Å². The largest absolute Gasteiger partial charge is 0.384 e. The molecule has 1 saturated heterocycles. The van der Waals surface area contributed by atoms with E-state index >= 15 is 0 Å². The van der Waals surface area contributed by atoms with E-state index in [-0.39, 0.29) is 5.91 Å². The number of rotatable bonds is 1. The van der Waals surface area contributed by atoms with Crippen molar-refractivity contribution in [2.24, 2.45) is 0 Å². The molecule has 0 unspecified atom stereocenters. The molecule has 1 amide bonds. The molecule has 1 aromatic carbocycles. The molecular weight excluding hydrogens is 224 g/mol. The van der Waals surface area contributed by atoms with Gasteiger partial charge in [0.2, 0.25) is 0 Å². The molecule has 96 valence electrons. The highest BCUT2D eigenvalue weighted by molar-refractivity contribution is 5.95. The van der Waals surface area contributed by atoms with Crippen molar-refractivity contribution in [3.63, 3.8) is 0 Å². The highest BCUT2D eigenvalue weighted by Crippen LogP contribution is 2.24. The van der Waals surface area contributed by atoms with Crippen LogP contribution in [0.1, 0.15) is 41.6 Å². The Morgan fingerprint density at radius 3 is 2.67 bits per heavy atom. The van der Waals surface area contributed by atoms with Crippen LogP contribution < -0.4 is 5.32 Å². The minimum absolute atomic E-state index is 0.214. The van der Waals surface area contributed by atoms with Crippen LogP contribution in [-0.4, -0.2) is 30.4 Å². The van der Waals surface area contributed by atoms with Crippen molar-refractivity contribution in [3.8, 4) is 0 Å². The summed E-state index contributed by atoms with van der Waals surface area (Å²) >= 11 is 0. The van der Waals surface area contributed by atoms with Crippen LogP contribution in [0, 0.1) is 0 Å². The van der Waals surface area contributed by atoms with E-state index in [4.69, 9.17) is 0 Å². The number of anilines is 1. The van der Waals surface area contributed by atoms with Crippen LogP contribution in [0.5, 0.6) is 0 Å². The number of benzene rings is 1. The summed E-state index contributed by atoms with van der Waals surface area (Å²) in [5.41, 5.74) is 3.34. The van der Waals surface area contributed by atoms with Crippen molar-refractivity contribution in [3.05, 3.63) is 29.3 Å². The molecule has 2 aliphatic heterocycles. The van der Waals surface area contributed by atoms with Gasteiger partial charge in [-0.15, -0.1) is 0 Å². The number of hydrogen-bond donors (Lipinski definition) is 1. The van der Waals surface area contributed by atoms with Gasteiger partial charge in [0, 0.05) is 30.9 Å². The lowest BCUT2D eigenvalue weighted by atomic mass is 10.1. The Morgan fingerprint density at radius 1 is 1.11 bits per heavy atom. The summed E-state index contributed by atoms with van der Waals surface area (Å²) in [4.78, 5) is 14.5. The first-order valence-corrected chi connectivity index (χ1v) is 7.01. The first kappa shape index (κ1) is 11.6. The molecule has 2 aliphatic rings. The van der Waals surface area contributed by atoms with E-state index < -0.39 is 0 Å². The maximum Gasteiger partial charge on any atom is 0.253 e. The average molecular weight is 244 g/mol. The number of likely N-dealkylation sites (tertiary alicyclic amines) is 1. The maximum atomic E-state index is 12.5. The van der Waals surface area contributed by atoms with Gasteiger partial charge in [0.25, 0.3) is 5.91 Å². The fraction of sp³-hybridized carbons (Fsp3) is 0.533. The maximum absolute atomic E-state index is 12.5. The molecule has 3 rings (SSSR count). The zero-order valence-electron chi connectivity index (χ0n) is 10.7. The van der Waals surface area contributed by atoms with Crippen LogP contribution >= 0.6 is 0 Å². The predicted octanol–water partition coefficient (Wildman–Crippen LogP) is 2.67. The van der Waals surface area contributed by atoms with E-state index in [1.54, 1.807) is 0 Å². The first-order valence-electron chi connectivity index (χ1n) is 7.01. The fourth-order valence-electron chi connectivity index (χ4n) is 2.89. The average Bonchev–Trinajstić information content (AvgIpc) is 2.69. The lowest BCUT2D eigenvalue weighted by Gasteiger charge is -2.20. The van der Waals surface area contributed by atoms with E-state index in [9.17, 15) is 4.79 Å². The van der Waals surface area contributed by atoms with Crippen LogP contribution in [0.3, 0.4) is 0 Å². The zero-order valence-corrected chi connectivity index (χ0v) is 10.7. The molecule has 1 N–H and O–H groups in total. The predicted molar refractivity (Wildman–Crippen MR) is 73.0 cm³/mol. The van der Waals surface area contributed by atoms with Crippen molar-refractivity contribution in [2.45, 2.75) is 32.1 Å². The smallest absolute Gasteiger partial charge is 0.253 e. The van der Waals surface area contributed by atoms with Gasteiger partial charge in [0.05, 0.1) is 0 Å². The summed E-state index contributed by atoms with van der Waals surface area (Å²) < 4.78 is 0. The molecule has 18 heavy (non-hydrogen) atoms. The monoisotopic (exact) mass is 244 g/mol. The second-order valence-corrected chi connectivity index (χ2v) is 5.26. The van der Waals surface area contributed by atoms with Gasteiger partial charge in [-0.1, -0.05) is 12.8 Å². The van der Waals surface area contributed by atoms with Crippen LogP contribution in [0.25, 0.3) is 0 Å². The van der Waals surface area contributed by atoms with E-state index in [0.717, 1.165) is 44.5 Å². The van der Waals surface area contributed by atoms with Gasteiger partial charge in [-0.25, -0.2) is 0 Å². The molecule has 0 bridgehead atoms. The number of fused-ring (bicyclic) bond motifs is 1. The number of nitrogens with zero attached hydrogens (tertiary/aromatic N) is 1. The van der Waals surface area contributed by atoms with Gasteiger partial charge in [-0.05, 0) is 43.0 Å². The number of carbonyl (C=O) groups excluding carboxylic acids is 1. The third kappa shape index (κ3) is 2.22. The quantitative estimate of drug-likeness (QED) is 0.823. The molecule has 1 aromatic rings. The molecule has 1 fully saturated rings. The van der Waals surface area contributed by atoms with Crippen molar-refractivity contribution in [1.29, 1.82) is 0 Å². The standard InChI is InChI=1S/C15H20N2O/c18-15(17-9-3-1-2-4-10-17)13-5-6-14-12(11-13)7-8-16-14/h5-6,11,16H,1-4,7-10H2. The molecule has 0 atom stereocenters.